The summed E-state index contributed by atoms with van der Waals surface area (Å²) in [6.45, 7) is -3.26. The maximum absolute atomic E-state index is 12.8. The molecular formula is C16H14ClF4N3O2. The molecule has 1 aromatic heterocycles. The van der Waals surface area contributed by atoms with Crippen LogP contribution >= 0.6 is 11.6 Å². The second-order valence-corrected chi connectivity index (χ2v) is 6.21. The van der Waals surface area contributed by atoms with Crippen molar-refractivity contribution in [3.05, 3.63) is 40.7 Å². The minimum Gasteiger partial charge on any atom is -0.433 e. The van der Waals surface area contributed by atoms with Crippen LogP contribution in [0.5, 0.6) is 5.75 Å². The topological polar surface area (TPSA) is 56.2 Å². The Morgan fingerprint density at radius 1 is 1.31 bits per heavy atom. The van der Waals surface area contributed by atoms with Crippen molar-refractivity contribution in [2.45, 2.75) is 38.3 Å². The van der Waals surface area contributed by atoms with Crippen molar-refractivity contribution in [3.8, 4) is 5.75 Å². The van der Waals surface area contributed by atoms with Crippen LogP contribution in [0.4, 0.5) is 23.2 Å². The van der Waals surface area contributed by atoms with Gasteiger partial charge in [-0.1, -0.05) is 11.6 Å². The minimum atomic E-state index is -3.02. The number of benzene rings is 1. The van der Waals surface area contributed by atoms with Crippen LogP contribution in [0.3, 0.4) is 0 Å². The second kappa shape index (κ2) is 7.53. The molecule has 140 valence electrons. The molecule has 0 radical (unpaired) electrons. The first kappa shape index (κ1) is 18.5. The van der Waals surface area contributed by atoms with Crippen molar-refractivity contribution in [1.29, 1.82) is 0 Å². The summed E-state index contributed by atoms with van der Waals surface area (Å²) in [6, 6.07) is 5.12. The second-order valence-electron chi connectivity index (χ2n) is 5.80. The number of amides is 1. The molecule has 0 atom stereocenters. The molecule has 26 heavy (non-hydrogen) atoms. The predicted molar refractivity (Wildman–Crippen MR) is 85.9 cm³/mol. The Balaban J connectivity index is 1.68. The molecule has 0 aliphatic heterocycles. The first-order chi connectivity index (χ1) is 12.3. The number of carbonyl (C=O) groups excluding carboxylic acids is 1. The lowest BCUT2D eigenvalue weighted by Crippen LogP contribution is -2.21. The predicted octanol–water partition coefficient (Wildman–Crippen LogP) is 4.59. The van der Waals surface area contributed by atoms with Crippen molar-refractivity contribution in [1.82, 2.24) is 9.78 Å². The van der Waals surface area contributed by atoms with Gasteiger partial charge in [0.05, 0.1) is 5.02 Å². The largest absolute Gasteiger partial charge is 0.433 e. The summed E-state index contributed by atoms with van der Waals surface area (Å²) in [5, 5.41) is 6.22. The molecule has 1 saturated carbocycles. The zero-order chi connectivity index (χ0) is 18.8. The van der Waals surface area contributed by atoms with Gasteiger partial charge in [-0.2, -0.15) is 13.9 Å². The summed E-state index contributed by atoms with van der Waals surface area (Å²) in [4.78, 5) is 12.2. The smallest absolute Gasteiger partial charge is 0.387 e. The quantitative estimate of drug-likeness (QED) is 0.702. The zero-order valence-electron chi connectivity index (χ0n) is 13.3. The van der Waals surface area contributed by atoms with Crippen molar-refractivity contribution in [2.24, 2.45) is 0 Å². The molecule has 5 nitrogen and oxygen atoms in total. The van der Waals surface area contributed by atoms with Gasteiger partial charge >= 0.3 is 6.61 Å². The van der Waals surface area contributed by atoms with E-state index in [4.69, 9.17) is 11.6 Å². The van der Waals surface area contributed by atoms with Gasteiger partial charge in [0, 0.05) is 17.3 Å². The van der Waals surface area contributed by atoms with Crippen LogP contribution in [0.25, 0.3) is 0 Å². The molecule has 1 aromatic carbocycles. The molecule has 0 unspecified atom stereocenters. The molecule has 10 heteroatoms. The van der Waals surface area contributed by atoms with Crippen molar-refractivity contribution in [3.63, 3.8) is 0 Å². The third kappa shape index (κ3) is 4.46. The number of halogens is 5. The molecule has 2 aromatic rings. The lowest BCUT2D eigenvalue weighted by atomic mass is 10.2. The maximum Gasteiger partial charge on any atom is 0.387 e. The Morgan fingerprint density at radius 2 is 2.04 bits per heavy atom. The monoisotopic (exact) mass is 391 g/mol. The number of nitrogens with zero attached hydrogens (tertiary/aromatic N) is 2. The summed E-state index contributed by atoms with van der Waals surface area (Å²) in [5.74, 6) is -0.582. The van der Waals surface area contributed by atoms with Crippen LogP contribution < -0.4 is 10.1 Å². The van der Waals surface area contributed by atoms with Crippen LogP contribution in [0.15, 0.2) is 24.3 Å². The fraction of sp³-hybridized carbons (Fsp3) is 0.375. The molecule has 1 aliphatic rings. The van der Waals surface area contributed by atoms with E-state index < -0.39 is 18.9 Å². The fourth-order valence-corrected chi connectivity index (χ4v) is 2.72. The van der Waals surface area contributed by atoms with Gasteiger partial charge in [-0.3, -0.25) is 9.48 Å². The summed E-state index contributed by atoms with van der Waals surface area (Å²) in [6.07, 6.45) is -0.966. The third-order valence-electron chi connectivity index (χ3n) is 3.77. The Labute approximate surface area is 150 Å². The number of ether oxygens (including phenoxy) is 1. The third-order valence-corrected chi connectivity index (χ3v) is 4.07. The van der Waals surface area contributed by atoms with Gasteiger partial charge in [-0.25, -0.2) is 8.78 Å². The van der Waals surface area contributed by atoms with Crippen LogP contribution in [0.1, 0.15) is 36.6 Å². The minimum absolute atomic E-state index is 0.0964. The van der Waals surface area contributed by atoms with E-state index in [1.165, 1.54) is 28.9 Å². The fourth-order valence-electron chi connectivity index (χ4n) is 2.50. The standard InChI is InChI=1S/C16H14ClF4N3O2/c17-10-5-9(3-4-13(10)26-16(20)21)22-14(25)7-24-12(8-1-2-8)6-11(23-24)15(18)19/h3-6,8,15-16H,1-2,7H2,(H,22,25). The molecule has 0 spiro atoms. The van der Waals surface area contributed by atoms with E-state index in [9.17, 15) is 22.4 Å². The van der Waals surface area contributed by atoms with Gasteiger partial charge in [0.2, 0.25) is 5.91 Å². The number of anilines is 1. The molecule has 1 fully saturated rings. The van der Waals surface area contributed by atoms with E-state index in [1.807, 2.05) is 0 Å². The SMILES string of the molecule is O=C(Cn1nc(C(F)F)cc1C1CC1)Nc1ccc(OC(F)F)c(Cl)c1. The van der Waals surface area contributed by atoms with Crippen LogP contribution in [-0.2, 0) is 11.3 Å². The molecular weight excluding hydrogens is 378 g/mol. The number of rotatable bonds is 7. The number of aromatic nitrogens is 2. The number of nitrogens with one attached hydrogen (secondary N) is 1. The number of hydrogen-bond donors (Lipinski definition) is 1. The maximum atomic E-state index is 12.8. The highest BCUT2D eigenvalue weighted by molar-refractivity contribution is 6.32. The summed E-state index contributed by atoms with van der Waals surface area (Å²) < 4.78 is 55.6. The van der Waals surface area contributed by atoms with E-state index in [-0.39, 0.29) is 34.6 Å². The molecule has 0 bridgehead atoms. The highest BCUT2D eigenvalue weighted by Crippen LogP contribution is 2.41. The molecule has 0 saturated heterocycles. The molecule has 1 amide bonds. The van der Waals surface area contributed by atoms with Crippen LogP contribution in [0.2, 0.25) is 5.02 Å². The number of hydrogen-bond acceptors (Lipinski definition) is 3. The van der Waals surface area contributed by atoms with E-state index in [0.29, 0.717) is 5.69 Å². The molecule has 1 aliphatic carbocycles. The van der Waals surface area contributed by atoms with Crippen LogP contribution in [-0.4, -0.2) is 22.3 Å². The molecule has 1 heterocycles. The van der Waals surface area contributed by atoms with Gasteiger partial charge in [0.1, 0.15) is 18.0 Å². The number of carbonyl (C=O) groups is 1. The molecule has 1 N–H and O–H groups in total. The molecule has 3 rings (SSSR count). The zero-order valence-corrected chi connectivity index (χ0v) is 14.0. The van der Waals surface area contributed by atoms with E-state index in [0.717, 1.165) is 12.8 Å². The summed E-state index contributed by atoms with van der Waals surface area (Å²) >= 11 is 5.82. The van der Waals surface area contributed by atoms with Gasteiger partial charge < -0.3 is 10.1 Å². The average molecular weight is 392 g/mol. The first-order valence-electron chi connectivity index (χ1n) is 7.73. The lowest BCUT2D eigenvalue weighted by molar-refractivity contribution is -0.117. The number of alkyl halides is 4. The van der Waals surface area contributed by atoms with E-state index >= 15 is 0 Å². The van der Waals surface area contributed by atoms with Gasteiger partial charge in [0.15, 0.2) is 0 Å². The lowest BCUT2D eigenvalue weighted by Gasteiger charge is -2.10. The van der Waals surface area contributed by atoms with Gasteiger partial charge in [0.25, 0.3) is 6.43 Å². The van der Waals surface area contributed by atoms with E-state index in [2.05, 4.69) is 15.2 Å². The average Bonchev–Trinajstić information content (AvgIpc) is 3.30. The highest BCUT2D eigenvalue weighted by Gasteiger charge is 2.30. The van der Waals surface area contributed by atoms with E-state index in [1.54, 1.807) is 0 Å². The van der Waals surface area contributed by atoms with Crippen molar-refractivity contribution < 1.29 is 27.1 Å². The van der Waals surface area contributed by atoms with Gasteiger partial charge in [-0.15, -0.1) is 0 Å². The van der Waals surface area contributed by atoms with Gasteiger partial charge in [-0.05, 0) is 37.1 Å². The Hall–Kier alpha value is -2.29. The normalized spacial score (nSPS) is 14.1. The van der Waals surface area contributed by atoms with Crippen molar-refractivity contribution >= 4 is 23.2 Å². The first-order valence-corrected chi connectivity index (χ1v) is 8.11. The Bertz CT molecular complexity index is 809. The Morgan fingerprint density at radius 3 is 2.62 bits per heavy atom. The van der Waals surface area contributed by atoms with Crippen LogP contribution in [0, 0.1) is 0 Å². The summed E-state index contributed by atoms with van der Waals surface area (Å²) in [5.41, 5.74) is 0.501. The van der Waals surface area contributed by atoms with Crippen molar-refractivity contribution in [2.75, 3.05) is 5.32 Å². The summed E-state index contributed by atoms with van der Waals surface area (Å²) in [7, 11) is 0. The Kier molecular flexibility index (Phi) is 5.36. The highest BCUT2D eigenvalue weighted by atomic mass is 35.5.